The molecule has 3 aromatic rings. The summed E-state index contributed by atoms with van der Waals surface area (Å²) in [5, 5.41) is 20.0. The van der Waals surface area contributed by atoms with E-state index in [0.717, 1.165) is 30.9 Å². The molecule has 0 aliphatic heterocycles. The lowest BCUT2D eigenvalue weighted by Crippen LogP contribution is -2.32. The summed E-state index contributed by atoms with van der Waals surface area (Å²) in [5.74, 6) is -0.986. The summed E-state index contributed by atoms with van der Waals surface area (Å²) in [6.07, 6.45) is 0.314. The van der Waals surface area contributed by atoms with Gasteiger partial charge in [0.25, 0.3) is 0 Å². The number of methoxy groups -OCH3 is 1. The molecule has 2 N–H and O–H groups in total. The van der Waals surface area contributed by atoms with Crippen molar-refractivity contribution in [3.8, 4) is 16.9 Å². The van der Waals surface area contributed by atoms with E-state index in [1.165, 1.54) is 7.11 Å². The van der Waals surface area contributed by atoms with Gasteiger partial charge in [-0.3, -0.25) is 4.79 Å². The number of aldehydes is 1. The molecular weight excluding hydrogens is 392 g/mol. The van der Waals surface area contributed by atoms with Crippen molar-refractivity contribution in [3.63, 3.8) is 0 Å². The van der Waals surface area contributed by atoms with E-state index in [1.54, 1.807) is 18.2 Å². The molecule has 0 aliphatic rings. The number of hydrogen-bond donors (Lipinski definition) is 2. The number of carbonyl (C=O) groups excluding carboxylic acids is 1. The Bertz CT molecular complexity index is 1160. The van der Waals surface area contributed by atoms with Crippen molar-refractivity contribution in [2.75, 3.05) is 25.1 Å². The molecule has 7 nitrogen and oxygen atoms in total. The van der Waals surface area contributed by atoms with E-state index in [-0.39, 0.29) is 33.5 Å². The van der Waals surface area contributed by atoms with Crippen LogP contribution >= 0.6 is 0 Å². The number of anilines is 1. The van der Waals surface area contributed by atoms with Gasteiger partial charge in [-0.1, -0.05) is 0 Å². The third kappa shape index (κ3) is 3.69. The van der Waals surface area contributed by atoms with Crippen molar-refractivity contribution < 1.29 is 28.4 Å². The SMILES string of the molecule is CCN(CC)c1ccc2c(-c3cc(F)c(OC)cc3B(O)O)c(C=O)c(=O)oc2c1. The Morgan fingerprint density at radius 1 is 1.20 bits per heavy atom. The standard InChI is InChI=1S/C21H21BFNO6/c1-4-24(5-2)12-6-7-13-18(8-12)30-21(26)15(11-25)20(13)14-9-17(23)19(29-3)10-16(14)22(27)28/h6-11,27-28H,4-5H2,1-3H3. The molecule has 1 aromatic heterocycles. The number of fused-ring (bicyclic) bond motifs is 1. The summed E-state index contributed by atoms with van der Waals surface area (Å²) >= 11 is 0. The third-order valence-corrected chi connectivity index (χ3v) is 5.04. The van der Waals surface area contributed by atoms with Crippen LogP contribution in [0.3, 0.4) is 0 Å². The highest BCUT2D eigenvalue weighted by Crippen LogP contribution is 2.33. The van der Waals surface area contributed by atoms with Crippen LogP contribution in [0.2, 0.25) is 0 Å². The zero-order valence-corrected chi connectivity index (χ0v) is 16.8. The minimum Gasteiger partial charge on any atom is -0.494 e. The van der Waals surface area contributed by atoms with Crippen LogP contribution in [0.25, 0.3) is 22.1 Å². The van der Waals surface area contributed by atoms with Gasteiger partial charge in [0.2, 0.25) is 0 Å². The monoisotopic (exact) mass is 413 g/mol. The van der Waals surface area contributed by atoms with Crippen molar-refractivity contribution in [2.24, 2.45) is 0 Å². The Morgan fingerprint density at radius 2 is 1.90 bits per heavy atom. The fourth-order valence-electron chi connectivity index (χ4n) is 3.54. The minimum absolute atomic E-state index is 0.0149. The lowest BCUT2D eigenvalue weighted by atomic mass is 9.74. The lowest BCUT2D eigenvalue weighted by molar-refractivity contribution is 0.112. The molecule has 0 fully saturated rings. The molecule has 0 saturated carbocycles. The van der Waals surface area contributed by atoms with Crippen LogP contribution in [-0.4, -0.2) is 43.7 Å². The van der Waals surface area contributed by atoms with Crippen molar-refractivity contribution >= 4 is 35.5 Å². The van der Waals surface area contributed by atoms with Crippen molar-refractivity contribution in [1.29, 1.82) is 0 Å². The Kier molecular flexibility index (Phi) is 6.24. The van der Waals surface area contributed by atoms with Gasteiger partial charge in [0, 0.05) is 35.8 Å². The summed E-state index contributed by atoms with van der Waals surface area (Å²) in [6, 6.07) is 7.24. The van der Waals surface area contributed by atoms with Gasteiger partial charge in [0.15, 0.2) is 17.9 Å². The number of hydrogen-bond acceptors (Lipinski definition) is 7. The lowest BCUT2D eigenvalue weighted by Gasteiger charge is -2.21. The summed E-state index contributed by atoms with van der Waals surface area (Å²) in [4.78, 5) is 26.3. The van der Waals surface area contributed by atoms with Gasteiger partial charge < -0.3 is 24.1 Å². The van der Waals surface area contributed by atoms with Gasteiger partial charge in [-0.2, -0.15) is 0 Å². The molecule has 3 rings (SSSR count). The first kappa shape index (κ1) is 21.5. The number of halogens is 1. The Labute approximate surface area is 172 Å². The van der Waals surface area contributed by atoms with Gasteiger partial charge in [-0.25, -0.2) is 9.18 Å². The van der Waals surface area contributed by atoms with Crippen LogP contribution in [0.5, 0.6) is 5.75 Å². The maximum absolute atomic E-state index is 14.5. The highest BCUT2D eigenvalue weighted by Gasteiger charge is 2.26. The molecule has 156 valence electrons. The second kappa shape index (κ2) is 8.68. The summed E-state index contributed by atoms with van der Waals surface area (Å²) < 4.78 is 24.7. The third-order valence-electron chi connectivity index (χ3n) is 5.04. The Hall–Kier alpha value is -3.17. The van der Waals surface area contributed by atoms with E-state index >= 15 is 0 Å². The summed E-state index contributed by atoms with van der Waals surface area (Å²) in [7, 11) is -0.754. The molecule has 0 amide bonds. The number of benzene rings is 2. The molecular formula is C21H21BFNO6. The van der Waals surface area contributed by atoms with Crippen LogP contribution in [0, 0.1) is 5.82 Å². The maximum atomic E-state index is 14.5. The van der Waals surface area contributed by atoms with Crippen LogP contribution in [0.4, 0.5) is 10.1 Å². The minimum atomic E-state index is -1.99. The number of nitrogens with zero attached hydrogens (tertiary/aromatic N) is 1. The predicted molar refractivity (Wildman–Crippen MR) is 113 cm³/mol. The average molecular weight is 413 g/mol. The zero-order valence-electron chi connectivity index (χ0n) is 16.8. The molecule has 0 unspecified atom stereocenters. The second-order valence-corrected chi connectivity index (χ2v) is 6.60. The largest absolute Gasteiger partial charge is 0.494 e. The maximum Gasteiger partial charge on any atom is 0.489 e. The number of ether oxygens (including phenoxy) is 1. The van der Waals surface area contributed by atoms with Gasteiger partial charge in [-0.05, 0) is 49.1 Å². The van der Waals surface area contributed by atoms with Crippen molar-refractivity contribution in [1.82, 2.24) is 0 Å². The predicted octanol–water partition coefficient (Wildman–Crippen LogP) is 1.95. The molecule has 0 radical (unpaired) electrons. The summed E-state index contributed by atoms with van der Waals surface area (Å²) in [6.45, 7) is 5.44. The topological polar surface area (TPSA) is 100 Å². The van der Waals surface area contributed by atoms with E-state index < -0.39 is 18.6 Å². The van der Waals surface area contributed by atoms with Crippen LogP contribution in [0.1, 0.15) is 24.2 Å². The van der Waals surface area contributed by atoms with Crippen LogP contribution < -0.4 is 20.7 Å². The highest BCUT2D eigenvalue weighted by atomic mass is 19.1. The van der Waals surface area contributed by atoms with Crippen molar-refractivity contribution in [3.05, 3.63) is 52.1 Å². The van der Waals surface area contributed by atoms with Crippen LogP contribution in [0.15, 0.2) is 39.5 Å². The molecule has 1 heterocycles. The fraction of sp³-hybridized carbons (Fsp3) is 0.238. The average Bonchev–Trinajstić information content (AvgIpc) is 2.73. The highest BCUT2D eigenvalue weighted by molar-refractivity contribution is 6.60. The molecule has 0 atom stereocenters. The summed E-state index contributed by atoms with van der Waals surface area (Å²) in [5.41, 5.74) is -0.311. The molecule has 0 saturated heterocycles. The molecule has 9 heteroatoms. The molecule has 2 aromatic carbocycles. The quantitative estimate of drug-likeness (QED) is 0.347. The van der Waals surface area contributed by atoms with Gasteiger partial charge in [-0.15, -0.1) is 0 Å². The first-order chi connectivity index (χ1) is 14.4. The number of carbonyl (C=O) groups is 1. The molecule has 0 bridgehead atoms. The molecule has 0 aliphatic carbocycles. The van der Waals surface area contributed by atoms with Gasteiger partial charge in [0.05, 0.1) is 7.11 Å². The normalized spacial score (nSPS) is 10.9. The van der Waals surface area contributed by atoms with Gasteiger partial charge >= 0.3 is 12.7 Å². The smallest absolute Gasteiger partial charge is 0.489 e. The Balaban J connectivity index is 2.42. The number of rotatable bonds is 7. The fourth-order valence-corrected chi connectivity index (χ4v) is 3.54. The first-order valence-corrected chi connectivity index (χ1v) is 9.41. The zero-order chi connectivity index (χ0) is 22.0. The first-order valence-electron chi connectivity index (χ1n) is 9.41. The van der Waals surface area contributed by atoms with E-state index in [2.05, 4.69) is 0 Å². The second-order valence-electron chi connectivity index (χ2n) is 6.60. The Morgan fingerprint density at radius 3 is 2.47 bits per heavy atom. The van der Waals surface area contributed by atoms with Crippen LogP contribution in [-0.2, 0) is 0 Å². The van der Waals surface area contributed by atoms with Crippen molar-refractivity contribution in [2.45, 2.75) is 13.8 Å². The van der Waals surface area contributed by atoms with E-state index in [4.69, 9.17) is 9.15 Å². The van der Waals surface area contributed by atoms with E-state index in [1.807, 2.05) is 18.7 Å². The van der Waals surface area contributed by atoms with E-state index in [9.17, 15) is 24.0 Å². The molecule has 0 spiro atoms. The van der Waals surface area contributed by atoms with Gasteiger partial charge in [0.1, 0.15) is 11.1 Å². The van der Waals surface area contributed by atoms with E-state index in [0.29, 0.717) is 11.7 Å². The molecule has 30 heavy (non-hydrogen) atoms.